The van der Waals surface area contributed by atoms with Gasteiger partial charge in [0, 0.05) is 108 Å². The van der Waals surface area contributed by atoms with E-state index in [0.29, 0.717) is 126 Å². The number of benzene rings is 6. The van der Waals surface area contributed by atoms with E-state index in [9.17, 15) is 59.8 Å². The number of para-hydroxylation sites is 1. The molecule has 3 fully saturated rings. The van der Waals surface area contributed by atoms with Gasteiger partial charge in [0.25, 0.3) is 11.8 Å². The van der Waals surface area contributed by atoms with E-state index in [2.05, 4.69) is 27.2 Å². The molecule has 0 bridgehead atoms. The smallest absolute Gasteiger partial charge is 0.416 e. The molecule has 98 heavy (non-hydrogen) atoms. The van der Waals surface area contributed by atoms with Crippen molar-refractivity contribution in [2.75, 3.05) is 117 Å². The summed E-state index contributed by atoms with van der Waals surface area (Å²) in [5, 5.41) is 13.6. The average molecular weight is 1370 g/mol. The third kappa shape index (κ3) is 17.3. The van der Waals surface area contributed by atoms with Crippen LogP contribution in [0.25, 0.3) is 11.1 Å². The number of carbonyl (C=O) groups excluding carboxylic acids is 4. The first kappa shape index (κ1) is 72.3. The molecule has 1 aliphatic carbocycles. The lowest BCUT2D eigenvalue weighted by Gasteiger charge is -2.44. The first-order chi connectivity index (χ1) is 46.8. The average Bonchev–Trinajstić information content (AvgIpc) is 1.59. The number of piperidine rings is 2. The van der Waals surface area contributed by atoms with Crippen molar-refractivity contribution < 1.29 is 73.7 Å². The summed E-state index contributed by atoms with van der Waals surface area (Å²) in [6.07, 6.45) is -5.16. The summed E-state index contributed by atoms with van der Waals surface area (Å²) in [6.45, 7) is 4.47. The van der Waals surface area contributed by atoms with Gasteiger partial charge in [0.05, 0.1) is 35.0 Å². The van der Waals surface area contributed by atoms with Crippen molar-refractivity contribution in [3.63, 3.8) is 0 Å². The van der Waals surface area contributed by atoms with Crippen LogP contribution in [0, 0.1) is 11.6 Å². The number of likely N-dealkylation sites (tertiary alicyclic amines) is 2. The second kappa shape index (κ2) is 31.6. The van der Waals surface area contributed by atoms with Crippen LogP contribution < -0.4 is 10.2 Å². The first-order valence-corrected chi connectivity index (χ1v) is 33.4. The molecule has 5 amide bonds. The molecule has 0 aromatic heterocycles. The molecule has 24 heteroatoms. The number of unbranched alkanes of at least 4 members (excludes halogenated alkanes) is 2. The zero-order chi connectivity index (χ0) is 69.9. The molecule has 0 unspecified atom stereocenters. The van der Waals surface area contributed by atoms with E-state index in [0.717, 1.165) is 53.1 Å². The second-order valence-electron chi connectivity index (χ2n) is 26.2. The van der Waals surface area contributed by atoms with Crippen molar-refractivity contribution in [1.29, 1.82) is 0 Å². The van der Waals surface area contributed by atoms with Gasteiger partial charge in [-0.05, 0) is 148 Å². The Hall–Kier alpha value is -8.45. The third-order valence-electron chi connectivity index (χ3n) is 19.9. The molecule has 4 aliphatic rings. The molecule has 10 rings (SSSR count). The molecule has 1 spiro atoms. The maximum Gasteiger partial charge on any atom is 0.416 e. The summed E-state index contributed by atoms with van der Waals surface area (Å²) in [6, 6.07) is 35.8. The number of ether oxygens (including phenoxy) is 2. The lowest BCUT2D eigenvalue weighted by atomic mass is 9.72. The highest BCUT2D eigenvalue weighted by Crippen LogP contribution is 2.49. The van der Waals surface area contributed by atoms with Crippen molar-refractivity contribution >= 4 is 41.1 Å². The van der Waals surface area contributed by atoms with E-state index in [-0.39, 0.29) is 61.7 Å². The minimum Gasteiger partial charge on any atom is -0.465 e. The Kier molecular flexibility index (Phi) is 23.3. The number of likely N-dealkylation sites (N-methyl/N-ethyl adjacent to an activating group) is 2. The Balaban J connectivity index is 0.623. The highest BCUT2D eigenvalue weighted by Gasteiger charge is 2.50. The normalized spacial score (nSPS) is 18.2. The van der Waals surface area contributed by atoms with E-state index in [1.54, 1.807) is 37.0 Å². The summed E-state index contributed by atoms with van der Waals surface area (Å²) < 4.78 is 125. The van der Waals surface area contributed by atoms with Crippen molar-refractivity contribution in [3.8, 4) is 11.1 Å². The number of amides is 5. The van der Waals surface area contributed by atoms with Gasteiger partial charge in [-0.1, -0.05) is 91.3 Å². The van der Waals surface area contributed by atoms with Crippen LogP contribution in [0.1, 0.15) is 113 Å². The summed E-state index contributed by atoms with van der Waals surface area (Å²) >= 11 is 0. The number of alkyl halides is 6. The molecule has 0 radical (unpaired) electrons. The van der Waals surface area contributed by atoms with Crippen LogP contribution in [-0.4, -0.2) is 183 Å². The van der Waals surface area contributed by atoms with Gasteiger partial charge in [-0.25, -0.2) is 13.6 Å². The van der Waals surface area contributed by atoms with Gasteiger partial charge in [-0.15, -0.1) is 0 Å². The fraction of sp³-hybridized carbons (Fsp3) is 0.446. The Morgan fingerprint density at radius 2 is 1.32 bits per heavy atom. The van der Waals surface area contributed by atoms with Gasteiger partial charge in [-0.3, -0.25) is 24.1 Å². The van der Waals surface area contributed by atoms with Gasteiger partial charge in [0.15, 0.2) is 0 Å². The number of nitrogens with one attached hydrogen (secondary N) is 1. The predicted octanol–water partition coefficient (Wildman–Crippen LogP) is 13.1. The largest absolute Gasteiger partial charge is 0.465 e. The molecule has 16 nitrogen and oxygen atoms in total. The molecule has 0 saturated carbocycles. The fourth-order valence-corrected chi connectivity index (χ4v) is 14.2. The number of hydrogen-bond acceptors (Lipinski definition) is 10. The Morgan fingerprint density at radius 1 is 0.673 bits per heavy atom. The van der Waals surface area contributed by atoms with E-state index in [1.165, 1.54) is 46.2 Å². The van der Waals surface area contributed by atoms with Crippen molar-refractivity contribution in [1.82, 2.24) is 29.4 Å². The van der Waals surface area contributed by atoms with Crippen molar-refractivity contribution in [2.24, 2.45) is 0 Å². The van der Waals surface area contributed by atoms with Gasteiger partial charge in [-0.2, -0.15) is 26.3 Å². The van der Waals surface area contributed by atoms with Crippen molar-refractivity contribution in [2.45, 2.75) is 106 Å². The summed E-state index contributed by atoms with van der Waals surface area (Å²) in [4.78, 5) is 78.3. The second-order valence-corrected chi connectivity index (χ2v) is 26.2. The maximum absolute atomic E-state index is 15.5. The number of anilines is 2. The van der Waals surface area contributed by atoms with E-state index >= 15 is 4.39 Å². The first-order valence-electron chi connectivity index (χ1n) is 33.4. The zero-order valence-electron chi connectivity index (χ0n) is 55.4. The van der Waals surface area contributed by atoms with E-state index in [1.807, 2.05) is 66.7 Å². The highest BCUT2D eigenvalue weighted by molar-refractivity contribution is 5.96. The fourth-order valence-electron chi connectivity index (χ4n) is 14.2. The monoisotopic (exact) mass is 1360 g/mol. The SMILES string of the molecule is CN(CCN1CCC(N(C(=O)O)c2ccccc2-c2ccccc2)CC1)C(=O)CCCCCNc1ccc(C(=O)N(C)CCCN(C)C(=O)CO[C@H]2Cc3ccccc3C23CCN(CC[C@]2(c4ccc(F)cc4)CN(C(=O)c4cc(C(F)(F)F)cc(C(F)(F)F)c4)CO2)CC3)c(F)c1. The van der Waals surface area contributed by atoms with Crippen LogP contribution in [0.2, 0.25) is 0 Å². The summed E-state index contributed by atoms with van der Waals surface area (Å²) in [5.74, 6) is -3.01. The lowest BCUT2D eigenvalue weighted by molar-refractivity contribution is -0.143. The number of carbonyl (C=O) groups is 5. The number of carboxylic acid groups (broad SMARTS) is 1. The number of fused-ring (bicyclic) bond motifs is 2. The van der Waals surface area contributed by atoms with Crippen LogP contribution >= 0.6 is 0 Å². The molecule has 3 aliphatic heterocycles. The van der Waals surface area contributed by atoms with E-state index in [4.69, 9.17) is 9.47 Å². The molecule has 3 heterocycles. The molecular formula is C74H84F8N8O8. The topological polar surface area (TPSA) is 159 Å². The van der Waals surface area contributed by atoms with Gasteiger partial charge in [0.2, 0.25) is 11.8 Å². The molecule has 2 atom stereocenters. The molecule has 2 N–H and O–H groups in total. The minimum absolute atomic E-state index is 0.0371. The molecule has 3 saturated heterocycles. The van der Waals surface area contributed by atoms with Crippen LogP contribution in [0.3, 0.4) is 0 Å². The van der Waals surface area contributed by atoms with Crippen LogP contribution in [0.5, 0.6) is 0 Å². The summed E-state index contributed by atoms with van der Waals surface area (Å²) in [7, 11) is 5.05. The van der Waals surface area contributed by atoms with E-state index < -0.39 is 76.3 Å². The molecule has 6 aromatic rings. The zero-order valence-corrected chi connectivity index (χ0v) is 55.4. The van der Waals surface area contributed by atoms with Gasteiger partial charge in [0.1, 0.15) is 30.6 Å². The highest BCUT2D eigenvalue weighted by atomic mass is 19.4. The number of nitrogens with zero attached hydrogens (tertiary/aromatic N) is 7. The number of hydrogen-bond donors (Lipinski definition) is 2. The van der Waals surface area contributed by atoms with Crippen LogP contribution in [0.15, 0.2) is 140 Å². The lowest BCUT2D eigenvalue weighted by Crippen LogP contribution is -2.50. The Bertz CT molecular complexity index is 3720. The van der Waals surface area contributed by atoms with Crippen molar-refractivity contribution in [3.05, 3.63) is 190 Å². The third-order valence-corrected chi connectivity index (χ3v) is 19.9. The molecule has 6 aromatic carbocycles. The maximum atomic E-state index is 15.5. The minimum atomic E-state index is -5.16. The quantitative estimate of drug-likeness (QED) is 0.0393. The van der Waals surface area contributed by atoms with Gasteiger partial charge >= 0.3 is 18.4 Å². The van der Waals surface area contributed by atoms with Crippen LogP contribution in [-0.2, 0) is 48.9 Å². The Labute approximate surface area is 566 Å². The van der Waals surface area contributed by atoms with Crippen LogP contribution in [0.4, 0.5) is 51.3 Å². The predicted molar refractivity (Wildman–Crippen MR) is 355 cm³/mol. The molecular weight excluding hydrogens is 1280 g/mol. The number of halogens is 8. The summed E-state index contributed by atoms with van der Waals surface area (Å²) in [5.41, 5.74) is -0.0949. The standard InChI is InChI=1S/C74H84F8N8O8/c1-84(34-14-35-86(3)69(94)61-27-26-58(47-63(61)76)83-33-13-5-8-21-66(91)85(2)41-42-87-36-28-59(29-37-87)90(70(95)96)64-20-12-10-18-60(64)51-15-6-4-7-16-51)67(92)48-97-65-45-52-17-9-11-19-62(52)71(65)30-38-88(39-31-71)40-32-72(54-22-24-57(75)25-23-54)49-89(50-98-72)68(93)53-43-55(73(77,78)79)46-56(44-53)74(80,81)82/h4,6-7,9-12,15-20,22-27,43-44,46-47,59,65,83H,5,8,13-14,21,28-42,45,48-50H2,1-3H3,(H,95,96)/t65-,72+/m0/s1. The van der Waals surface area contributed by atoms with Gasteiger partial charge < -0.3 is 49.3 Å². The Morgan fingerprint density at radius 3 is 2.00 bits per heavy atom. The molecule has 524 valence electrons. The number of rotatable bonds is 26.